The molecule has 1 saturated heterocycles. The van der Waals surface area contributed by atoms with E-state index in [1.54, 1.807) is 35.1 Å². The molecule has 0 bridgehead atoms. The molecule has 0 amide bonds. The first-order chi connectivity index (χ1) is 20.6. The molecule has 1 atom stereocenters. The molecule has 1 fully saturated rings. The lowest BCUT2D eigenvalue weighted by atomic mass is 9.89. The minimum absolute atomic E-state index is 0.131. The van der Waals surface area contributed by atoms with Gasteiger partial charge in [-0.2, -0.15) is 5.10 Å². The zero-order valence-electron chi connectivity index (χ0n) is 23.4. The molecule has 3 heterocycles. The normalized spacial score (nSPS) is 17.6. The number of aryl methyl sites for hydroxylation is 1. The maximum atomic E-state index is 15.6. The molecule has 2 aromatic carbocycles. The van der Waals surface area contributed by atoms with Crippen molar-refractivity contribution in [2.75, 3.05) is 23.7 Å². The molecule has 226 valence electrons. The van der Waals surface area contributed by atoms with Crippen molar-refractivity contribution in [3.63, 3.8) is 0 Å². The highest BCUT2D eigenvalue weighted by molar-refractivity contribution is 7.91. The van der Waals surface area contributed by atoms with Gasteiger partial charge >= 0.3 is 0 Å². The van der Waals surface area contributed by atoms with Gasteiger partial charge in [0.05, 0.1) is 41.6 Å². The van der Waals surface area contributed by atoms with E-state index in [0.29, 0.717) is 35.1 Å². The van der Waals surface area contributed by atoms with Crippen molar-refractivity contribution in [1.82, 2.24) is 20.1 Å². The van der Waals surface area contributed by atoms with Crippen molar-refractivity contribution in [2.45, 2.75) is 50.6 Å². The topological polar surface area (TPSA) is 124 Å². The van der Waals surface area contributed by atoms with E-state index in [9.17, 15) is 8.42 Å². The Balaban J connectivity index is 1.33. The average Bonchev–Trinajstić information content (AvgIpc) is 3.35. The second kappa shape index (κ2) is 11.8. The number of hydrogen-bond donors (Lipinski definition) is 3. The molecule has 1 aliphatic heterocycles. The van der Waals surface area contributed by atoms with Crippen LogP contribution in [0.25, 0.3) is 27.7 Å². The fourth-order valence-electron chi connectivity index (χ4n) is 5.62. The third kappa shape index (κ3) is 5.97. The fraction of sp³-hybridized carbons (Fsp3) is 0.333. The van der Waals surface area contributed by atoms with Gasteiger partial charge in [0.2, 0.25) is 10.0 Å². The first-order valence-corrected chi connectivity index (χ1v) is 16.1. The Labute approximate surface area is 253 Å². The number of nitrogens with zero attached hydrogens (tertiary/aromatic N) is 3. The maximum absolute atomic E-state index is 15.6. The monoisotopic (exact) mass is 628 g/mol. The number of nitrogen functional groups attached to an aromatic ring is 1. The average molecular weight is 629 g/mol. The molecule has 0 saturated carbocycles. The number of pyridine rings is 1. The van der Waals surface area contributed by atoms with Gasteiger partial charge in [-0.15, -0.1) is 0 Å². The zero-order valence-corrected chi connectivity index (χ0v) is 25.0. The Bertz CT molecular complexity index is 1840. The van der Waals surface area contributed by atoms with Crippen LogP contribution in [0.3, 0.4) is 0 Å². The van der Waals surface area contributed by atoms with Crippen molar-refractivity contribution in [3.05, 3.63) is 76.5 Å². The molecule has 9 nitrogen and oxygen atoms in total. The van der Waals surface area contributed by atoms with Crippen LogP contribution in [0.5, 0.6) is 0 Å². The molecule has 43 heavy (non-hydrogen) atoms. The smallest absolute Gasteiger partial charge is 0.237 e. The summed E-state index contributed by atoms with van der Waals surface area (Å²) < 4.78 is 65.6. The molecule has 2 aliphatic rings. The summed E-state index contributed by atoms with van der Waals surface area (Å²) in [7, 11) is -4.10. The van der Waals surface area contributed by atoms with Crippen molar-refractivity contribution in [2.24, 2.45) is 0 Å². The third-order valence-electron chi connectivity index (χ3n) is 7.84. The van der Waals surface area contributed by atoms with Crippen LogP contribution in [0.2, 0.25) is 5.02 Å². The lowest BCUT2D eigenvalue weighted by Gasteiger charge is -2.33. The van der Waals surface area contributed by atoms with E-state index in [2.05, 4.69) is 26.2 Å². The highest BCUT2D eigenvalue weighted by atomic mass is 35.5. The number of aromatic nitrogens is 3. The third-order valence-corrected chi connectivity index (χ3v) is 9.43. The highest BCUT2D eigenvalue weighted by Crippen LogP contribution is 2.39. The number of sulfonamides is 1. The van der Waals surface area contributed by atoms with Crippen molar-refractivity contribution in [3.8, 4) is 11.3 Å². The molecule has 4 N–H and O–H groups in total. The summed E-state index contributed by atoms with van der Waals surface area (Å²) in [5.74, 6) is -2.20. The Morgan fingerprint density at radius 2 is 1.93 bits per heavy atom. The summed E-state index contributed by atoms with van der Waals surface area (Å²) in [5.41, 5.74) is 8.74. The first-order valence-electron chi connectivity index (χ1n) is 14.0. The number of rotatable bonds is 9. The standard InChI is InChI=1S/C30H31ClF2N6O3S/c1-2-39-29-22(17-7-9-19(10-8-17)36-20-14-42-15-20)13-35-30(34)27(29)28(37-39)21-11-25(33)26(12-24(21)32)38-43(40,41)16-18-5-3-4-6-23(18)31/h3-7,11-13,19-20,36,38H,2,8-10,14-16H2,1H3,(H2,34,35). The van der Waals surface area contributed by atoms with E-state index in [1.165, 1.54) is 0 Å². The predicted molar refractivity (Wildman–Crippen MR) is 164 cm³/mol. The molecule has 0 spiro atoms. The van der Waals surface area contributed by atoms with Crippen LogP contribution in [-0.4, -0.2) is 48.5 Å². The van der Waals surface area contributed by atoms with E-state index >= 15 is 8.78 Å². The second-order valence-electron chi connectivity index (χ2n) is 10.8. The maximum Gasteiger partial charge on any atom is 0.237 e. The molecule has 0 radical (unpaired) electrons. The first kappa shape index (κ1) is 29.5. The minimum Gasteiger partial charge on any atom is -0.383 e. The van der Waals surface area contributed by atoms with E-state index in [4.69, 9.17) is 22.1 Å². The second-order valence-corrected chi connectivity index (χ2v) is 12.9. The van der Waals surface area contributed by atoms with Gasteiger partial charge in [-0.05, 0) is 49.5 Å². The number of halogens is 3. The summed E-state index contributed by atoms with van der Waals surface area (Å²) in [6, 6.07) is 8.90. The Kier molecular flexibility index (Phi) is 8.12. The lowest BCUT2D eigenvalue weighted by molar-refractivity contribution is -0.0103. The lowest BCUT2D eigenvalue weighted by Crippen LogP contribution is -2.50. The van der Waals surface area contributed by atoms with Crippen LogP contribution in [0.15, 0.2) is 48.7 Å². The number of ether oxygens (including phenoxy) is 1. The summed E-state index contributed by atoms with van der Waals surface area (Å²) in [6.07, 6.45) is 6.49. The van der Waals surface area contributed by atoms with Gasteiger partial charge in [0.15, 0.2) is 0 Å². The van der Waals surface area contributed by atoms with Gasteiger partial charge in [-0.25, -0.2) is 22.2 Å². The Morgan fingerprint density at radius 3 is 2.60 bits per heavy atom. The number of nitrogens with one attached hydrogen (secondary N) is 2. The van der Waals surface area contributed by atoms with Gasteiger partial charge in [-0.3, -0.25) is 9.40 Å². The van der Waals surface area contributed by atoms with E-state index in [0.717, 1.165) is 55.7 Å². The molecule has 1 unspecified atom stereocenters. The van der Waals surface area contributed by atoms with Crippen LogP contribution in [0, 0.1) is 11.6 Å². The van der Waals surface area contributed by atoms with Gasteiger partial charge in [-0.1, -0.05) is 35.9 Å². The van der Waals surface area contributed by atoms with Crippen LogP contribution in [-0.2, 0) is 27.1 Å². The minimum atomic E-state index is -4.10. The fourth-order valence-corrected chi connectivity index (χ4v) is 7.12. The van der Waals surface area contributed by atoms with Crippen molar-refractivity contribution in [1.29, 1.82) is 0 Å². The van der Waals surface area contributed by atoms with Crippen LogP contribution < -0.4 is 15.8 Å². The Hall–Kier alpha value is -3.58. The van der Waals surface area contributed by atoms with Crippen LogP contribution in [0.1, 0.15) is 37.3 Å². The van der Waals surface area contributed by atoms with Gasteiger partial charge in [0, 0.05) is 41.0 Å². The number of hydrogen-bond acceptors (Lipinski definition) is 7. The van der Waals surface area contributed by atoms with Gasteiger partial charge < -0.3 is 15.8 Å². The van der Waals surface area contributed by atoms with E-state index in [-0.39, 0.29) is 22.1 Å². The number of anilines is 2. The van der Waals surface area contributed by atoms with E-state index < -0.39 is 33.1 Å². The number of benzene rings is 2. The molecule has 13 heteroatoms. The molecule has 6 rings (SSSR count). The van der Waals surface area contributed by atoms with Crippen molar-refractivity contribution >= 4 is 49.6 Å². The van der Waals surface area contributed by atoms with Gasteiger partial charge in [0.1, 0.15) is 23.1 Å². The molecule has 2 aromatic heterocycles. The van der Waals surface area contributed by atoms with Crippen molar-refractivity contribution < 1.29 is 21.9 Å². The molecule has 1 aliphatic carbocycles. The Morgan fingerprint density at radius 1 is 1.14 bits per heavy atom. The molecular weight excluding hydrogens is 598 g/mol. The van der Waals surface area contributed by atoms with E-state index in [1.807, 2.05) is 6.92 Å². The number of nitrogens with two attached hydrogens (primary N) is 1. The SMILES string of the molecule is CCn1nc(-c2cc(F)c(NS(=O)(=O)Cc3ccccc3Cl)cc2F)c2c(N)ncc(C3=CCC(NC4COC4)CC3)c21. The quantitative estimate of drug-likeness (QED) is 0.224. The highest BCUT2D eigenvalue weighted by Gasteiger charge is 2.27. The van der Waals surface area contributed by atoms with Crippen LogP contribution in [0.4, 0.5) is 20.3 Å². The summed E-state index contributed by atoms with van der Waals surface area (Å²) in [6.45, 7) is 3.83. The predicted octanol–water partition coefficient (Wildman–Crippen LogP) is 5.50. The number of allylic oxidation sites excluding steroid dienone is 1. The molecule has 4 aromatic rings. The molecular formula is C30H31ClF2N6O3S. The largest absolute Gasteiger partial charge is 0.383 e. The van der Waals surface area contributed by atoms with Crippen LogP contribution >= 0.6 is 11.6 Å². The zero-order chi connectivity index (χ0) is 30.3. The summed E-state index contributed by atoms with van der Waals surface area (Å²) >= 11 is 6.08. The summed E-state index contributed by atoms with van der Waals surface area (Å²) in [5, 5.41) is 8.91. The summed E-state index contributed by atoms with van der Waals surface area (Å²) in [4.78, 5) is 4.40. The number of fused-ring (bicyclic) bond motifs is 1. The van der Waals surface area contributed by atoms with Gasteiger partial charge in [0.25, 0.3) is 0 Å².